The average molecular weight is 775 g/mol. The molecule has 0 saturated carbocycles. The normalized spacial score (nSPS) is 12.2. The molecular formula is C32H60N2Na2O12S2. The first-order valence-electron chi connectivity index (χ1n) is 17.5. The second-order valence-corrected chi connectivity index (χ2v) is 15.3. The van der Waals surface area contributed by atoms with Crippen LogP contribution in [0.5, 0.6) is 0 Å². The molecular weight excluding hydrogens is 714 g/mol. The van der Waals surface area contributed by atoms with Gasteiger partial charge in [-0.2, -0.15) is 16.8 Å². The van der Waals surface area contributed by atoms with Crippen LogP contribution in [0.25, 0.3) is 0 Å². The Kier molecular flexibility index (Phi) is 40.3. The van der Waals surface area contributed by atoms with Gasteiger partial charge in [-0.3, -0.25) is 18.7 Å². The third kappa shape index (κ3) is 36.1. The summed E-state index contributed by atoms with van der Waals surface area (Å²) in [4.78, 5) is 44.2. The maximum atomic E-state index is 11.5. The van der Waals surface area contributed by atoms with E-state index in [0.29, 0.717) is 13.1 Å². The van der Waals surface area contributed by atoms with Gasteiger partial charge in [0.05, 0.1) is 24.8 Å². The number of aliphatic carboxylic acids is 2. The summed E-state index contributed by atoms with van der Waals surface area (Å²) in [7, 11) is -9.67. The van der Waals surface area contributed by atoms with Gasteiger partial charge in [0, 0.05) is 13.1 Å². The Morgan fingerprint density at radius 3 is 0.900 bits per heavy atom. The summed E-state index contributed by atoms with van der Waals surface area (Å²) in [6, 6.07) is 0. The van der Waals surface area contributed by atoms with E-state index in [1.54, 1.807) is 0 Å². The predicted octanol–water partition coefficient (Wildman–Crippen LogP) is -3.15. The molecule has 2 unspecified atom stereocenters. The number of hydrogen-bond donors (Lipinski definition) is 4. The van der Waals surface area contributed by atoms with Crippen molar-refractivity contribution in [2.45, 2.75) is 166 Å². The number of carboxylic acids is 2. The average Bonchev–Trinajstić information content (AvgIpc) is 2.99. The third-order valence-corrected chi connectivity index (χ3v) is 9.85. The van der Waals surface area contributed by atoms with Crippen molar-refractivity contribution in [3.8, 4) is 0 Å². The van der Waals surface area contributed by atoms with Crippen molar-refractivity contribution in [1.82, 2.24) is 10.6 Å². The fourth-order valence-corrected chi connectivity index (χ4v) is 5.99. The van der Waals surface area contributed by atoms with Gasteiger partial charge in [-0.15, -0.1) is 0 Å². The minimum Gasteiger partial charge on any atom is -0.549 e. The molecule has 0 fully saturated rings. The first kappa shape index (κ1) is 56.4. The van der Waals surface area contributed by atoms with E-state index in [2.05, 4.69) is 24.5 Å². The van der Waals surface area contributed by atoms with Crippen LogP contribution in [-0.2, 0) is 39.4 Å². The van der Waals surface area contributed by atoms with Crippen LogP contribution in [0.3, 0.4) is 0 Å². The molecule has 0 heterocycles. The van der Waals surface area contributed by atoms with Gasteiger partial charge in [-0.05, 0) is 12.8 Å². The van der Waals surface area contributed by atoms with Gasteiger partial charge >= 0.3 is 59.1 Å². The van der Waals surface area contributed by atoms with Crippen molar-refractivity contribution < 1.29 is 114 Å². The van der Waals surface area contributed by atoms with E-state index >= 15 is 0 Å². The molecule has 0 spiro atoms. The third-order valence-electron chi connectivity index (χ3n) is 7.69. The Balaban J connectivity index is -0.000000407. The summed E-state index contributed by atoms with van der Waals surface area (Å²) >= 11 is 0. The minimum absolute atomic E-state index is 0. The summed E-state index contributed by atoms with van der Waals surface area (Å²) in [6.45, 7) is 5.11. The first-order chi connectivity index (χ1) is 22.6. The Bertz CT molecular complexity index is 1020. The van der Waals surface area contributed by atoms with Crippen molar-refractivity contribution in [1.29, 1.82) is 0 Å². The van der Waals surface area contributed by atoms with E-state index in [4.69, 9.17) is 9.11 Å². The van der Waals surface area contributed by atoms with Crippen molar-refractivity contribution in [3.63, 3.8) is 0 Å². The SMILES string of the molecule is CCCCCCCCCCCCNC(=O)CC(C(=O)[O-])S(=O)(=O)O.CCCCCCCCCCCCNC(=O)CC(C(=O)[O-])S(=O)(=O)O.[Na+].[Na+]. The quantitative estimate of drug-likeness (QED) is 0.0321. The van der Waals surface area contributed by atoms with Crippen LogP contribution in [0.4, 0.5) is 0 Å². The summed E-state index contributed by atoms with van der Waals surface area (Å²) in [6.07, 6.45) is 21.5. The molecule has 2 amide bonds. The predicted molar refractivity (Wildman–Crippen MR) is 180 cm³/mol. The second kappa shape index (κ2) is 35.7. The maximum absolute atomic E-state index is 11.5. The van der Waals surface area contributed by atoms with Gasteiger partial charge in [-0.1, -0.05) is 129 Å². The van der Waals surface area contributed by atoms with Crippen molar-refractivity contribution in [2.24, 2.45) is 0 Å². The Labute approximate surface area is 344 Å². The molecule has 0 saturated heterocycles. The fourth-order valence-electron chi connectivity index (χ4n) is 4.78. The van der Waals surface area contributed by atoms with E-state index in [9.17, 15) is 46.2 Å². The zero-order chi connectivity index (χ0) is 36.8. The molecule has 50 heavy (non-hydrogen) atoms. The molecule has 0 aliphatic carbocycles. The van der Waals surface area contributed by atoms with Gasteiger partial charge in [0.25, 0.3) is 20.2 Å². The van der Waals surface area contributed by atoms with Crippen LogP contribution >= 0.6 is 0 Å². The zero-order valence-electron chi connectivity index (χ0n) is 30.9. The molecule has 0 aromatic rings. The van der Waals surface area contributed by atoms with Crippen LogP contribution in [-0.4, -0.2) is 73.3 Å². The maximum Gasteiger partial charge on any atom is 1.00 e. The number of carbonyl (C=O) groups excluding carboxylic acids is 4. The molecule has 0 aromatic heterocycles. The van der Waals surface area contributed by atoms with Crippen LogP contribution in [0.1, 0.15) is 155 Å². The first-order valence-corrected chi connectivity index (χ1v) is 20.5. The number of hydrogen-bond acceptors (Lipinski definition) is 10. The van der Waals surface area contributed by atoms with Crippen LogP contribution in [0.15, 0.2) is 0 Å². The molecule has 4 N–H and O–H groups in total. The second-order valence-electron chi connectivity index (χ2n) is 12.1. The van der Waals surface area contributed by atoms with E-state index < -0.39 is 67.3 Å². The van der Waals surface area contributed by atoms with Crippen LogP contribution in [0, 0.1) is 0 Å². The number of carboxylic acid groups (broad SMARTS) is 2. The van der Waals surface area contributed by atoms with Gasteiger partial charge in [0.2, 0.25) is 11.8 Å². The molecule has 14 nitrogen and oxygen atoms in total. The Hall–Kier alpha value is -0.300. The molecule has 0 aromatic carbocycles. The standard InChI is InChI=1S/2C16H31NO6S.2Na/c2*1-2-3-4-5-6-7-8-9-10-11-12-17-15(18)13-14(16(19)20)24(21,22)23;;/h2*14H,2-13H2,1H3,(H,17,18)(H,19,20)(H,21,22,23);;/q;;2*+1/p-2. The van der Waals surface area contributed by atoms with Crippen molar-refractivity contribution in [2.75, 3.05) is 13.1 Å². The summed E-state index contributed by atoms with van der Waals surface area (Å²) in [5, 5.41) is 21.7. The number of nitrogens with one attached hydrogen (secondary N) is 2. The van der Waals surface area contributed by atoms with Crippen molar-refractivity contribution in [3.05, 3.63) is 0 Å². The largest absolute Gasteiger partial charge is 1.00 e. The van der Waals surface area contributed by atoms with Crippen molar-refractivity contribution >= 4 is 44.0 Å². The Morgan fingerprint density at radius 1 is 0.480 bits per heavy atom. The molecule has 2 atom stereocenters. The monoisotopic (exact) mass is 774 g/mol. The number of unbranched alkanes of at least 4 members (excludes halogenated alkanes) is 18. The smallest absolute Gasteiger partial charge is 0.549 e. The molecule has 0 radical (unpaired) electrons. The number of carbonyl (C=O) groups is 4. The van der Waals surface area contributed by atoms with Gasteiger partial charge in [0.15, 0.2) is 0 Å². The minimum atomic E-state index is -4.84. The molecule has 0 aliphatic rings. The van der Waals surface area contributed by atoms with Crippen LogP contribution in [0.2, 0.25) is 0 Å². The molecule has 0 aliphatic heterocycles. The topological polar surface area (TPSA) is 247 Å². The fraction of sp³-hybridized carbons (Fsp3) is 0.875. The zero-order valence-corrected chi connectivity index (χ0v) is 36.6. The van der Waals surface area contributed by atoms with E-state index in [-0.39, 0.29) is 59.1 Å². The summed E-state index contributed by atoms with van der Waals surface area (Å²) < 4.78 is 60.7. The van der Waals surface area contributed by atoms with Gasteiger partial charge < -0.3 is 30.4 Å². The van der Waals surface area contributed by atoms with E-state index in [0.717, 1.165) is 51.4 Å². The van der Waals surface area contributed by atoms with E-state index in [1.165, 1.54) is 77.0 Å². The number of rotatable bonds is 30. The molecule has 284 valence electrons. The molecule has 0 rings (SSSR count). The van der Waals surface area contributed by atoms with Gasteiger partial charge in [0.1, 0.15) is 10.5 Å². The van der Waals surface area contributed by atoms with Crippen LogP contribution < -0.4 is 80.0 Å². The number of amides is 2. The summed E-state index contributed by atoms with van der Waals surface area (Å²) in [5.41, 5.74) is 0. The van der Waals surface area contributed by atoms with E-state index in [1.807, 2.05) is 0 Å². The summed E-state index contributed by atoms with van der Waals surface area (Å²) in [5.74, 6) is -5.41. The molecule has 0 bridgehead atoms. The Morgan fingerprint density at radius 2 is 0.700 bits per heavy atom. The molecule has 18 heteroatoms. The van der Waals surface area contributed by atoms with Gasteiger partial charge in [-0.25, -0.2) is 0 Å².